The molecular weight excluding hydrogens is 267 g/mol. The van der Waals surface area contributed by atoms with Crippen molar-refractivity contribution < 1.29 is 0 Å². The molecule has 0 aliphatic carbocycles. The Morgan fingerprint density at radius 2 is 1.83 bits per heavy atom. The van der Waals surface area contributed by atoms with Gasteiger partial charge in [-0.2, -0.15) is 5.26 Å². The zero-order valence-corrected chi connectivity index (χ0v) is 11.9. The summed E-state index contributed by atoms with van der Waals surface area (Å²) in [7, 11) is 0. The molecule has 0 radical (unpaired) electrons. The number of rotatable bonds is 0. The number of halogens is 2. The maximum atomic E-state index is 9.25. The van der Waals surface area contributed by atoms with Crippen LogP contribution in [0.25, 0.3) is 10.9 Å². The standard InChI is InChI=1S/C14H12Cl2N2/c1-14(2,3)12-4-8(7-17)13-10(16)5-9(15)6-11(13)18-12/h4-6H,1-3H3. The van der Waals surface area contributed by atoms with Crippen LogP contribution >= 0.6 is 23.2 Å². The number of pyridine rings is 1. The third kappa shape index (κ3) is 2.29. The molecule has 1 aromatic carbocycles. The summed E-state index contributed by atoms with van der Waals surface area (Å²) in [5, 5.41) is 10.9. The Labute approximate surface area is 116 Å². The van der Waals surface area contributed by atoms with Crippen LogP contribution in [-0.2, 0) is 5.41 Å². The first-order valence-corrected chi connectivity index (χ1v) is 6.29. The Bertz CT molecular complexity index is 664. The number of benzene rings is 1. The molecule has 0 aliphatic heterocycles. The third-order valence-corrected chi connectivity index (χ3v) is 3.23. The molecule has 0 spiro atoms. The average molecular weight is 279 g/mol. The Hall–Kier alpha value is -1.30. The van der Waals surface area contributed by atoms with Crippen molar-refractivity contribution in [3.05, 3.63) is 39.5 Å². The summed E-state index contributed by atoms with van der Waals surface area (Å²) in [5.41, 5.74) is 1.92. The quantitative estimate of drug-likeness (QED) is 0.700. The summed E-state index contributed by atoms with van der Waals surface area (Å²) < 4.78 is 0. The molecular formula is C14H12Cl2N2. The summed E-state index contributed by atoms with van der Waals surface area (Å²) in [6.45, 7) is 6.15. The van der Waals surface area contributed by atoms with Gasteiger partial charge in [0.1, 0.15) is 0 Å². The largest absolute Gasteiger partial charge is 0.252 e. The fraction of sp³-hybridized carbons (Fsp3) is 0.286. The zero-order valence-electron chi connectivity index (χ0n) is 10.4. The highest BCUT2D eigenvalue weighted by Gasteiger charge is 2.19. The molecule has 2 rings (SSSR count). The topological polar surface area (TPSA) is 36.7 Å². The number of aromatic nitrogens is 1. The maximum Gasteiger partial charge on any atom is 0.1000 e. The van der Waals surface area contributed by atoms with Gasteiger partial charge in [0, 0.05) is 21.5 Å². The molecule has 0 fully saturated rings. The van der Waals surface area contributed by atoms with E-state index < -0.39 is 0 Å². The lowest BCUT2D eigenvalue weighted by atomic mass is 9.90. The van der Waals surface area contributed by atoms with E-state index >= 15 is 0 Å². The minimum atomic E-state index is -0.130. The molecule has 92 valence electrons. The first-order valence-electron chi connectivity index (χ1n) is 5.53. The van der Waals surface area contributed by atoms with E-state index in [4.69, 9.17) is 23.2 Å². The highest BCUT2D eigenvalue weighted by molar-refractivity contribution is 6.38. The van der Waals surface area contributed by atoms with E-state index in [9.17, 15) is 5.26 Å². The lowest BCUT2D eigenvalue weighted by Gasteiger charge is -2.19. The van der Waals surface area contributed by atoms with Crippen LogP contribution in [0.2, 0.25) is 10.0 Å². The van der Waals surface area contributed by atoms with Crippen molar-refractivity contribution in [2.45, 2.75) is 26.2 Å². The van der Waals surface area contributed by atoms with Crippen LogP contribution in [0.5, 0.6) is 0 Å². The smallest absolute Gasteiger partial charge is 0.1000 e. The van der Waals surface area contributed by atoms with Crippen molar-refractivity contribution in [1.82, 2.24) is 4.98 Å². The van der Waals surface area contributed by atoms with Gasteiger partial charge in [0.25, 0.3) is 0 Å². The van der Waals surface area contributed by atoms with Crippen LogP contribution in [0.3, 0.4) is 0 Å². The van der Waals surface area contributed by atoms with E-state index in [0.717, 1.165) is 5.69 Å². The second kappa shape index (κ2) is 4.42. The van der Waals surface area contributed by atoms with Crippen LogP contribution in [0.4, 0.5) is 0 Å². The minimum absolute atomic E-state index is 0.130. The van der Waals surface area contributed by atoms with Crippen molar-refractivity contribution in [2.24, 2.45) is 0 Å². The third-order valence-electron chi connectivity index (χ3n) is 2.71. The second-order valence-corrected chi connectivity index (χ2v) is 6.04. The van der Waals surface area contributed by atoms with Gasteiger partial charge in [-0.25, -0.2) is 0 Å². The van der Waals surface area contributed by atoms with Gasteiger partial charge in [-0.15, -0.1) is 0 Å². The van der Waals surface area contributed by atoms with E-state index in [1.165, 1.54) is 0 Å². The number of hydrogen-bond donors (Lipinski definition) is 0. The van der Waals surface area contributed by atoms with Gasteiger partial charge in [-0.1, -0.05) is 44.0 Å². The second-order valence-electron chi connectivity index (χ2n) is 5.20. The number of nitriles is 1. The van der Waals surface area contributed by atoms with Crippen LogP contribution in [0.15, 0.2) is 18.2 Å². The van der Waals surface area contributed by atoms with Gasteiger partial charge in [-0.05, 0) is 18.2 Å². The molecule has 0 saturated carbocycles. The normalized spacial score (nSPS) is 11.6. The average Bonchev–Trinajstić information content (AvgIpc) is 2.25. The van der Waals surface area contributed by atoms with Gasteiger partial charge in [0.05, 0.1) is 22.2 Å². The maximum absolute atomic E-state index is 9.25. The van der Waals surface area contributed by atoms with Crippen molar-refractivity contribution in [3.8, 4) is 6.07 Å². The summed E-state index contributed by atoms with van der Waals surface area (Å²) >= 11 is 12.1. The van der Waals surface area contributed by atoms with Crippen LogP contribution in [-0.4, -0.2) is 4.98 Å². The first-order chi connectivity index (χ1) is 8.32. The lowest BCUT2D eigenvalue weighted by Crippen LogP contribution is -2.14. The summed E-state index contributed by atoms with van der Waals surface area (Å²) in [6.07, 6.45) is 0. The van der Waals surface area contributed by atoms with Crippen molar-refractivity contribution in [1.29, 1.82) is 5.26 Å². The number of hydrogen-bond acceptors (Lipinski definition) is 2. The van der Waals surface area contributed by atoms with Gasteiger partial charge in [-0.3, -0.25) is 4.98 Å². The van der Waals surface area contributed by atoms with Crippen molar-refractivity contribution in [2.75, 3.05) is 0 Å². The van der Waals surface area contributed by atoms with Gasteiger partial charge in [0.2, 0.25) is 0 Å². The lowest BCUT2D eigenvalue weighted by molar-refractivity contribution is 0.571. The molecule has 0 bridgehead atoms. The van der Waals surface area contributed by atoms with Gasteiger partial charge < -0.3 is 0 Å². The van der Waals surface area contributed by atoms with E-state index in [1.807, 2.05) is 0 Å². The van der Waals surface area contributed by atoms with Crippen molar-refractivity contribution >= 4 is 34.1 Å². The van der Waals surface area contributed by atoms with Crippen LogP contribution in [0, 0.1) is 11.3 Å². The molecule has 1 heterocycles. The molecule has 0 N–H and O–H groups in total. The monoisotopic (exact) mass is 278 g/mol. The summed E-state index contributed by atoms with van der Waals surface area (Å²) in [6, 6.07) is 7.33. The minimum Gasteiger partial charge on any atom is -0.252 e. The molecule has 4 heteroatoms. The SMILES string of the molecule is CC(C)(C)c1cc(C#N)c2c(Cl)cc(Cl)cc2n1. The Balaban J connectivity index is 2.90. The summed E-state index contributed by atoms with van der Waals surface area (Å²) in [5.74, 6) is 0. The Morgan fingerprint density at radius 1 is 1.17 bits per heavy atom. The zero-order chi connectivity index (χ0) is 13.5. The molecule has 1 aromatic heterocycles. The first kappa shape index (κ1) is 13.1. The molecule has 18 heavy (non-hydrogen) atoms. The van der Waals surface area contributed by atoms with E-state index in [-0.39, 0.29) is 5.41 Å². The van der Waals surface area contributed by atoms with Crippen LogP contribution in [0.1, 0.15) is 32.0 Å². The molecule has 0 unspecified atom stereocenters. The van der Waals surface area contributed by atoms with Gasteiger partial charge in [0.15, 0.2) is 0 Å². The predicted octanol–water partition coefficient (Wildman–Crippen LogP) is 4.71. The number of fused-ring (bicyclic) bond motifs is 1. The van der Waals surface area contributed by atoms with Crippen molar-refractivity contribution in [3.63, 3.8) is 0 Å². The molecule has 2 aromatic rings. The fourth-order valence-electron chi connectivity index (χ4n) is 1.76. The van der Waals surface area contributed by atoms with E-state index in [1.54, 1.807) is 18.2 Å². The predicted molar refractivity (Wildman–Crippen MR) is 75.2 cm³/mol. The molecule has 0 saturated heterocycles. The highest BCUT2D eigenvalue weighted by Crippen LogP contribution is 2.32. The molecule has 0 atom stereocenters. The molecule has 0 amide bonds. The molecule has 0 aliphatic rings. The Kier molecular flexibility index (Phi) is 3.23. The van der Waals surface area contributed by atoms with Crippen LogP contribution < -0.4 is 0 Å². The number of nitrogens with zero attached hydrogens (tertiary/aromatic N) is 2. The fourth-order valence-corrected chi connectivity index (χ4v) is 2.34. The Morgan fingerprint density at radius 3 is 2.39 bits per heavy atom. The van der Waals surface area contributed by atoms with Gasteiger partial charge >= 0.3 is 0 Å². The summed E-state index contributed by atoms with van der Waals surface area (Å²) in [4.78, 5) is 4.56. The highest BCUT2D eigenvalue weighted by atomic mass is 35.5. The molecule has 2 nitrogen and oxygen atoms in total. The van der Waals surface area contributed by atoms with E-state index in [2.05, 4.69) is 31.8 Å². The van der Waals surface area contributed by atoms with E-state index in [0.29, 0.717) is 26.5 Å².